The summed E-state index contributed by atoms with van der Waals surface area (Å²) >= 11 is 0. The molecule has 3 rings (SSSR count). The SMILES string of the molecule is COc1ccc(/C=N\NC(=O)[C@H]2C[C@@H]2C(=O)N/N=C\c2ccc(OC)c([N+](=O)[O-])c2)cc1[N+](=O)[O-]. The molecule has 14 nitrogen and oxygen atoms in total. The predicted molar refractivity (Wildman–Crippen MR) is 122 cm³/mol. The van der Waals surface area contributed by atoms with Crippen LogP contribution in [0.1, 0.15) is 17.5 Å². The molecule has 2 aromatic carbocycles. The van der Waals surface area contributed by atoms with E-state index in [1.165, 1.54) is 63.0 Å². The first-order valence-corrected chi connectivity index (χ1v) is 10.1. The number of carbonyl (C=O) groups excluding carboxylic acids is 2. The second-order valence-corrected chi connectivity index (χ2v) is 7.29. The molecule has 1 saturated carbocycles. The van der Waals surface area contributed by atoms with Crippen molar-refractivity contribution in [1.29, 1.82) is 0 Å². The lowest BCUT2D eigenvalue weighted by molar-refractivity contribution is -0.385. The van der Waals surface area contributed by atoms with Crippen LogP contribution in [0.15, 0.2) is 46.6 Å². The van der Waals surface area contributed by atoms with Gasteiger partial charge in [-0.05, 0) is 30.7 Å². The van der Waals surface area contributed by atoms with E-state index in [-0.39, 0.29) is 22.9 Å². The van der Waals surface area contributed by atoms with Gasteiger partial charge >= 0.3 is 11.4 Å². The number of nitrogens with zero attached hydrogens (tertiary/aromatic N) is 4. The number of nitro benzene ring substituents is 2. The Bertz CT molecular complexity index is 1130. The molecule has 0 aliphatic heterocycles. The average molecular weight is 484 g/mol. The largest absolute Gasteiger partial charge is 0.490 e. The van der Waals surface area contributed by atoms with Crippen molar-refractivity contribution in [3.63, 3.8) is 0 Å². The van der Waals surface area contributed by atoms with Gasteiger partial charge in [0.2, 0.25) is 11.8 Å². The maximum absolute atomic E-state index is 12.2. The monoisotopic (exact) mass is 484 g/mol. The molecule has 0 radical (unpaired) electrons. The lowest BCUT2D eigenvalue weighted by Gasteiger charge is -2.02. The summed E-state index contributed by atoms with van der Waals surface area (Å²) < 4.78 is 9.84. The number of benzene rings is 2. The van der Waals surface area contributed by atoms with E-state index in [0.717, 1.165) is 0 Å². The van der Waals surface area contributed by atoms with E-state index in [4.69, 9.17) is 9.47 Å². The van der Waals surface area contributed by atoms with Crippen LogP contribution in [0.25, 0.3) is 0 Å². The third kappa shape index (κ3) is 6.13. The number of amides is 2. The van der Waals surface area contributed by atoms with Crippen LogP contribution in [0.3, 0.4) is 0 Å². The van der Waals surface area contributed by atoms with Gasteiger partial charge in [-0.2, -0.15) is 10.2 Å². The van der Waals surface area contributed by atoms with E-state index in [1.54, 1.807) is 0 Å². The highest BCUT2D eigenvalue weighted by atomic mass is 16.6. The number of hydrogen-bond acceptors (Lipinski definition) is 10. The van der Waals surface area contributed by atoms with E-state index >= 15 is 0 Å². The Kier molecular flexibility index (Phi) is 7.66. The Labute approximate surface area is 197 Å². The summed E-state index contributed by atoms with van der Waals surface area (Å²) in [6, 6.07) is 8.38. The molecule has 1 fully saturated rings. The fraction of sp³-hybridized carbons (Fsp3) is 0.238. The number of carbonyl (C=O) groups is 2. The molecule has 35 heavy (non-hydrogen) atoms. The number of hydrogen-bond donors (Lipinski definition) is 2. The minimum Gasteiger partial charge on any atom is -0.490 e. The predicted octanol–water partition coefficient (Wildman–Crippen LogP) is 1.76. The number of hydrazone groups is 2. The highest BCUT2D eigenvalue weighted by Crippen LogP contribution is 2.38. The zero-order valence-corrected chi connectivity index (χ0v) is 18.5. The highest BCUT2D eigenvalue weighted by molar-refractivity contribution is 5.93. The first-order valence-electron chi connectivity index (χ1n) is 10.1. The van der Waals surface area contributed by atoms with Gasteiger partial charge in [-0.15, -0.1) is 0 Å². The Morgan fingerprint density at radius 1 is 0.857 bits per heavy atom. The van der Waals surface area contributed by atoms with E-state index in [1.807, 2.05) is 0 Å². The maximum atomic E-state index is 12.2. The summed E-state index contributed by atoms with van der Waals surface area (Å²) in [6.45, 7) is 0. The van der Waals surface area contributed by atoms with Gasteiger partial charge in [-0.1, -0.05) is 0 Å². The fourth-order valence-electron chi connectivity index (χ4n) is 3.14. The molecular weight excluding hydrogens is 464 g/mol. The molecule has 0 unspecified atom stereocenters. The Hall–Kier alpha value is -4.88. The molecule has 2 atom stereocenters. The van der Waals surface area contributed by atoms with Crippen LogP contribution in [0.4, 0.5) is 11.4 Å². The molecule has 2 amide bonds. The van der Waals surface area contributed by atoms with E-state index in [0.29, 0.717) is 17.5 Å². The number of methoxy groups -OCH3 is 2. The topological polar surface area (TPSA) is 188 Å². The van der Waals surface area contributed by atoms with Crippen molar-refractivity contribution < 1.29 is 28.9 Å². The molecule has 0 aromatic heterocycles. The first-order chi connectivity index (χ1) is 16.7. The molecule has 14 heteroatoms. The average Bonchev–Trinajstić information content (AvgIpc) is 3.65. The molecule has 0 spiro atoms. The number of nitrogens with one attached hydrogen (secondary N) is 2. The molecule has 182 valence electrons. The van der Waals surface area contributed by atoms with E-state index < -0.39 is 33.5 Å². The van der Waals surface area contributed by atoms with Crippen LogP contribution in [0.2, 0.25) is 0 Å². The van der Waals surface area contributed by atoms with Crippen molar-refractivity contribution in [2.24, 2.45) is 22.0 Å². The fourth-order valence-corrected chi connectivity index (χ4v) is 3.14. The van der Waals surface area contributed by atoms with Gasteiger partial charge in [0, 0.05) is 23.3 Å². The van der Waals surface area contributed by atoms with Gasteiger partial charge in [0.15, 0.2) is 11.5 Å². The zero-order chi connectivity index (χ0) is 25.5. The summed E-state index contributed by atoms with van der Waals surface area (Å²) in [7, 11) is 2.63. The second kappa shape index (κ2) is 10.8. The van der Waals surface area contributed by atoms with Gasteiger partial charge < -0.3 is 9.47 Å². The summed E-state index contributed by atoms with van der Waals surface area (Å²) in [5.41, 5.74) is 4.85. The van der Waals surface area contributed by atoms with Gasteiger partial charge in [0.1, 0.15) is 0 Å². The quantitative estimate of drug-likeness (QED) is 0.290. The summed E-state index contributed by atoms with van der Waals surface area (Å²) in [4.78, 5) is 45.3. The maximum Gasteiger partial charge on any atom is 0.311 e. The molecule has 0 heterocycles. The Morgan fingerprint density at radius 3 is 1.60 bits per heavy atom. The van der Waals surface area contributed by atoms with Crippen molar-refractivity contribution in [3.8, 4) is 11.5 Å². The van der Waals surface area contributed by atoms with Crippen LogP contribution in [0, 0.1) is 32.1 Å². The lowest BCUT2D eigenvalue weighted by Crippen LogP contribution is -2.25. The molecular formula is C21H20N6O8. The van der Waals surface area contributed by atoms with Crippen LogP contribution >= 0.6 is 0 Å². The van der Waals surface area contributed by atoms with Crippen LogP contribution in [-0.2, 0) is 9.59 Å². The van der Waals surface area contributed by atoms with Crippen LogP contribution < -0.4 is 20.3 Å². The minimum absolute atomic E-state index is 0.0934. The van der Waals surface area contributed by atoms with E-state index in [2.05, 4.69) is 21.1 Å². The smallest absolute Gasteiger partial charge is 0.311 e. The number of rotatable bonds is 10. The van der Waals surface area contributed by atoms with Crippen molar-refractivity contribution in [3.05, 3.63) is 67.8 Å². The standard InChI is InChI=1S/C21H20N6O8/c1-34-18-5-3-12(7-16(18)26(30)31)10-22-24-20(28)14-9-15(14)21(29)25-23-11-13-4-6-19(35-2)17(8-13)27(32)33/h3-8,10-11,14-15H,9H2,1-2H3,(H,24,28)(H,25,29)/b22-10-,23-11-/t14-,15-/m0/s1. The highest BCUT2D eigenvalue weighted by Gasteiger charge is 2.48. The molecule has 0 saturated heterocycles. The van der Waals surface area contributed by atoms with Gasteiger partial charge in [-0.3, -0.25) is 29.8 Å². The van der Waals surface area contributed by atoms with Crippen molar-refractivity contribution in [1.82, 2.24) is 10.9 Å². The zero-order valence-electron chi connectivity index (χ0n) is 18.5. The lowest BCUT2D eigenvalue weighted by atomic mass is 10.2. The van der Waals surface area contributed by atoms with Crippen LogP contribution in [0.5, 0.6) is 11.5 Å². The normalized spacial score (nSPS) is 16.6. The number of ether oxygens (including phenoxy) is 2. The summed E-state index contributed by atoms with van der Waals surface area (Å²) in [5.74, 6) is -1.99. The van der Waals surface area contributed by atoms with Gasteiger partial charge in [0.05, 0.1) is 48.3 Å². The summed E-state index contributed by atoms with van der Waals surface area (Å²) in [5, 5.41) is 29.7. The molecule has 0 bridgehead atoms. The molecule has 1 aliphatic rings. The summed E-state index contributed by atoms with van der Waals surface area (Å²) in [6.07, 6.45) is 2.77. The van der Waals surface area contributed by atoms with Crippen molar-refractivity contribution >= 4 is 35.6 Å². The van der Waals surface area contributed by atoms with Gasteiger partial charge in [-0.25, -0.2) is 10.9 Å². The third-order valence-corrected chi connectivity index (χ3v) is 5.04. The van der Waals surface area contributed by atoms with Crippen molar-refractivity contribution in [2.75, 3.05) is 14.2 Å². The second-order valence-electron chi connectivity index (χ2n) is 7.29. The Morgan fingerprint density at radius 2 is 1.26 bits per heavy atom. The third-order valence-electron chi connectivity index (χ3n) is 5.04. The minimum atomic E-state index is -0.602. The molecule has 1 aliphatic carbocycles. The van der Waals surface area contributed by atoms with Crippen molar-refractivity contribution in [2.45, 2.75) is 6.42 Å². The van der Waals surface area contributed by atoms with E-state index in [9.17, 15) is 29.8 Å². The van der Waals surface area contributed by atoms with Crippen LogP contribution in [-0.4, -0.2) is 48.3 Å². The van der Waals surface area contributed by atoms with Gasteiger partial charge in [0.25, 0.3) is 0 Å². The Balaban J connectivity index is 1.51. The first kappa shape index (κ1) is 24.8. The molecule has 2 N–H and O–H groups in total. The molecule has 2 aromatic rings. The number of nitro groups is 2.